The van der Waals surface area contributed by atoms with E-state index in [1.165, 1.54) is 12.0 Å². The first kappa shape index (κ1) is 12.7. The summed E-state index contributed by atoms with van der Waals surface area (Å²) in [6, 6.07) is 10.8. The molecule has 1 aliphatic rings. The number of hydrogen-bond donors (Lipinski definition) is 1. The van der Waals surface area contributed by atoms with Gasteiger partial charge >= 0.3 is 0 Å². The maximum absolute atomic E-state index is 4.34. The molecule has 2 aromatic rings. The Labute approximate surface area is 117 Å². The Hall–Kier alpha value is -1.33. The molecule has 1 saturated heterocycles. The molecule has 5 heteroatoms. The van der Waals surface area contributed by atoms with Gasteiger partial charge in [0, 0.05) is 12.8 Å². The molecule has 1 aromatic carbocycles. The number of aromatic nitrogens is 3. The molecule has 0 aliphatic carbocycles. The maximum atomic E-state index is 4.34. The van der Waals surface area contributed by atoms with Crippen molar-refractivity contribution < 1.29 is 0 Å². The fourth-order valence-electron chi connectivity index (χ4n) is 2.38. The van der Waals surface area contributed by atoms with Crippen molar-refractivity contribution in [3.8, 4) is 0 Å². The van der Waals surface area contributed by atoms with E-state index in [-0.39, 0.29) is 0 Å². The van der Waals surface area contributed by atoms with Gasteiger partial charge in [-0.2, -0.15) is 0 Å². The van der Waals surface area contributed by atoms with Crippen molar-refractivity contribution in [3.05, 3.63) is 41.7 Å². The van der Waals surface area contributed by atoms with Crippen LogP contribution < -0.4 is 5.32 Å². The average molecular weight is 274 g/mol. The van der Waals surface area contributed by atoms with Gasteiger partial charge in [0.05, 0.1) is 6.04 Å². The number of nitrogens with one attached hydrogen (secondary N) is 1. The van der Waals surface area contributed by atoms with E-state index in [1.807, 2.05) is 6.07 Å². The van der Waals surface area contributed by atoms with Crippen molar-refractivity contribution in [2.45, 2.75) is 29.8 Å². The van der Waals surface area contributed by atoms with Gasteiger partial charge < -0.3 is 9.88 Å². The van der Waals surface area contributed by atoms with Crippen LogP contribution in [0.1, 0.15) is 30.3 Å². The van der Waals surface area contributed by atoms with Gasteiger partial charge in [0.25, 0.3) is 0 Å². The Balaban J connectivity index is 1.68. The highest BCUT2D eigenvalue weighted by molar-refractivity contribution is 7.98. The van der Waals surface area contributed by atoms with Crippen LogP contribution in [0.2, 0.25) is 0 Å². The van der Waals surface area contributed by atoms with Gasteiger partial charge in [0.15, 0.2) is 11.0 Å². The predicted octanol–water partition coefficient (Wildman–Crippen LogP) is 2.53. The molecule has 100 valence electrons. The minimum Gasteiger partial charge on any atom is -0.308 e. The first-order valence-electron chi connectivity index (χ1n) is 6.64. The molecule has 4 nitrogen and oxygen atoms in total. The molecule has 1 aliphatic heterocycles. The van der Waals surface area contributed by atoms with Crippen molar-refractivity contribution in [2.24, 2.45) is 7.05 Å². The number of benzene rings is 1. The lowest BCUT2D eigenvalue weighted by molar-refractivity contribution is 0.569. The van der Waals surface area contributed by atoms with Crippen LogP contribution >= 0.6 is 11.8 Å². The van der Waals surface area contributed by atoms with E-state index in [0.717, 1.165) is 29.7 Å². The lowest BCUT2D eigenvalue weighted by atomic mass is 10.2. The molecule has 2 heterocycles. The van der Waals surface area contributed by atoms with Crippen molar-refractivity contribution in [1.82, 2.24) is 20.1 Å². The molecular formula is C14H18N4S. The minimum atomic E-state index is 0.378. The third kappa shape index (κ3) is 2.82. The van der Waals surface area contributed by atoms with Gasteiger partial charge in [-0.1, -0.05) is 42.1 Å². The molecule has 0 bridgehead atoms. The van der Waals surface area contributed by atoms with Crippen LogP contribution in [-0.4, -0.2) is 21.3 Å². The fourth-order valence-corrected chi connectivity index (χ4v) is 3.26. The molecule has 0 saturated carbocycles. The van der Waals surface area contributed by atoms with E-state index in [9.17, 15) is 0 Å². The van der Waals surface area contributed by atoms with Gasteiger partial charge in [-0.25, -0.2) is 0 Å². The molecule has 0 amide bonds. The summed E-state index contributed by atoms with van der Waals surface area (Å²) < 4.78 is 2.12. The van der Waals surface area contributed by atoms with E-state index in [0.29, 0.717) is 6.04 Å². The Bertz CT molecular complexity index is 532. The van der Waals surface area contributed by atoms with E-state index in [4.69, 9.17) is 0 Å². The molecule has 1 fully saturated rings. The summed E-state index contributed by atoms with van der Waals surface area (Å²) in [7, 11) is 2.06. The molecular weight excluding hydrogens is 256 g/mol. The van der Waals surface area contributed by atoms with Crippen LogP contribution in [0.15, 0.2) is 35.5 Å². The third-order valence-electron chi connectivity index (χ3n) is 3.45. The fraction of sp³-hybridized carbons (Fsp3) is 0.429. The third-order valence-corrected chi connectivity index (χ3v) is 4.54. The predicted molar refractivity (Wildman–Crippen MR) is 77.0 cm³/mol. The van der Waals surface area contributed by atoms with Crippen molar-refractivity contribution in [2.75, 3.05) is 6.54 Å². The monoisotopic (exact) mass is 274 g/mol. The zero-order chi connectivity index (χ0) is 13.1. The maximum Gasteiger partial charge on any atom is 0.191 e. The van der Waals surface area contributed by atoms with E-state index in [1.54, 1.807) is 11.8 Å². The summed E-state index contributed by atoms with van der Waals surface area (Å²) in [6.45, 7) is 1.09. The minimum absolute atomic E-state index is 0.378. The van der Waals surface area contributed by atoms with Crippen molar-refractivity contribution in [1.29, 1.82) is 0 Å². The summed E-state index contributed by atoms with van der Waals surface area (Å²) in [6.07, 6.45) is 2.39. The molecule has 1 atom stereocenters. The summed E-state index contributed by atoms with van der Waals surface area (Å²) in [5.74, 6) is 2.00. The summed E-state index contributed by atoms with van der Waals surface area (Å²) >= 11 is 1.74. The Kier molecular flexibility index (Phi) is 3.84. The quantitative estimate of drug-likeness (QED) is 0.870. The van der Waals surface area contributed by atoms with Gasteiger partial charge in [0.2, 0.25) is 0 Å². The molecule has 0 spiro atoms. The molecule has 1 N–H and O–H groups in total. The van der Waals surface area contributed by atoms with Gasteiger partial charge in [-0.05, 0) is 24.9 Å². The number of thioether (sulfide) groups is 1. The zero-order valence-corrected chi connectivity index (χ0v) is 11.9. The number of nitrogens with zero attached hydrogens (tertiary/aromatic N) is 3. The lowest BCUT2D eigenvalue weighted by Gasteiger charge is -2.09. The molecule has 0 unspecified atom stereocenters. The van der Waals surface area contributed by atoms with Crippen LogP contribution in [-0.2, 0) is 12.8 Å². The lowest BCUT2D eigenvalue weighted by Crippen LogP contribution is -2.17. The highest BCUT2D eigenvalue weighted by Crippen LogP contribution is 2.26. The van der Waals surface area contributed by atoms with Crippen LogP contribution in [0.4, 0.5) is 0 Å². The standard InChI is InChI=1S/C14H18N4S/c1-18-13(12-8-5-9-15-12)16-17-14(18)19-10-11-6-3-2-4-7-11/h2-4,6-7,12,15H,5,8-10H2,1H3/t12-/m0/s1. The normalized spacial score (nSPS) is 18.9. The van der Waals surface area contributed by atoms with Crippen LogP contribution in [0, 0.1) is 0 Å². The van der Waals surface area contributed by atoms with E-state index >= 15 is 0 Å². The highest BCUT2D eigenvalue weighted by Gasteiger charge is 2.22. The van der Waals surface area contributed by atoms with Gasteiger partial charge in [0.1, 0.15) is 0 Å². The van der Waals surface area contributed by atoms with Crippen LogP contribution in [0.3, 0.4) is 0 Å². The molecule has 0 radical (unpaired) electrons. The van der Waals surface area contributed by atoms with Crippen LogP contribution in [0.25, 0.3) is 0 Å². The average Bonchev–Trinajstić information content (AvgIpc) is 3.07. The zero-order valence-electron chi connectivity index (χ0n) is 11.0. The molecule has 1 aromatic heterocycles. The van der Waals surface area contributed by atoms with E-state index < -0.39 is 0 Å². The number of hydrogen-bond acceptors (Lipinski definition) is 4. The Morgan fingerprint density at radius 1 is 1.32 bits per heavy atom. The Morgan fingerprint density at radius 3 is 2.89 bits per heavy atom. The van der Waals surface area contributed by atoms with Crippen LogP contribution in [0.5, 0.6) is 0 Å². The summed E-state index contributed by atoms with van der Waals surface area (Å²) in [5, 5.41) is 13.1. The van der Waals surface area contributed by atoms with Crippen molar-refractivity contribution in [3.63, 3.8) is 0 Å². The smallest absolute Gasteiger partial charge is 0.191 e. The van der Waals surface area contributed by atoms with Crippen molar-refractivity contribution >= 4 is 11.8 Å². The number of rotatable bonds is 4. The largest absolute Gasteiger partial charge is 0.308 e. The SMILES string of the molecule is Cn1c(SCc2ccccc2)nnc1[C@@H]1CCCN1. The highest BCUT2D eigenvalue weighted by atomic mass is 32.2. The van der Waals surface area contributed by atoms with E-state index in [2.05, 4.69) is 51.4 Å². The first-order valence-corrected chi connectivity index (χ1v) is 7.62. The summed E-state index contributed by atoms with van der Waals surface area (Å²) in [4.78, 5) is 0. The first-order chi connectivity index (χ1) is 9.34. The second kappa shape index (κ2) is 5.75. The molecule has 19 heavy (non-hydrogen) atoms. The molecule has 3 rings (SSSR count). The van der Waals surface area contributed by atoms with Gasteiger partial charge in [-0.15, -0.1) is 10.2 Å². The second-order valence-electron chi connectivity index (χ2n) is 4.82. The summed E-state index contributed by atoms with van der Waals surface area (Å²) in [5.41, 5.74) is 1.32. The second-order valence-corrected chi connectivity index (χ2v) is 5.77. The van der Waals surface area contributed by atoms with Gasteiger partial charge in [-0.3, -0.25) is 0 Å². The topological polar surface area (TPSA) is 42.7 Å². The Morgan fingerprint density at radius 2 is 2.16 bits per heavy atom.